The van der Waals surface area contributed by atoms with Crippen LogP contribution in [0.3, 0.4) is 0 Å². The third kappa shape index (κ3) is 3.79. The summed E-state index contributed by atoms with van der Waals surface area (Å²) in [5.74, 6) is 1.04. The lowest BCUT2D eigenvalue weighted by molar-refractivity contribution is -0.130. The summed E-state index contributed by atoms with van der Waals surface area (Å²) in [4.78, 5) is 26.1. The van der Waals surface area contributed by atoms with Crippen LogP contribution >= 0.6 is 0 Å². The first kappa shape index (κ1) is 16.2. The van der Waals surface area contributed by atoms with Crippen LogP contribution in [0.4, 0.5) is 0 Å². The topological polar surface area (TPSA) is 61.9 Å². The number of carbonyl (C=O) groups excluding carboxylic acids is 1. The maximum Gasteiger partial charge on any atom is 0.226 e. The number of amides is 1. The average molecular weight is 322 g/mol. The Bertz CT molecular complexity index is 826. The van der Waals surface area contributed by atoms with Gasteiger partial charge in [0.2, 0.25) is 5.91 Å². The van der Waals surface area contributed by atoms with Gasteiger partial charge in [0, 0.05) is 25.5 Å². The molecule has 24 heavy (non-hydrogen) atoms. The predicted molar refractivity (Wildman–Crippen MR) is 94.7 cm³/mol. The average Bonchev–Trinajstić information content (AvgIpc) is 2.95. The number of nitrogens with zero attached hydrogens (tertiary/aromatic N) is 3. The number of benzene rings is 1. The van der Waals surface area contributed by atoms with Crippen LogP contribution in [0.1, 0.15) is 23.9 Å². The molecule has 0 spiro atoms. The number of pyridine rings is 1. The molecule has 0 aliphatic heterocycles. The second-order valence-corrected chi connectivity index (χ2v) is 5.93. The summed E-state index contributed by atoms with van der Waals surface area (Å²) in [7, 11) is 0. The van der Waals surface area contributed by atoms with Crippen molar-refractivity contribution in [1.82, 2.24) is 19.9 Å². The molecule has 0 fully saturated rings. The molecule has 0 saturated heterocycles. The molecule has 5 nitrogen and oxygen atoms in total. The highest BCUT2D eigenvalue weighted by Crippen LogP contribution is 2.14. The van der Waals surface area contributed by atoms with E-state index in [0.717, 1.165) is 41.9 Å². The summed E-state index contributed by atoms with van der Waals surface area (Å²) >= 11 is 0. The Labute approximate surface area is 141 Å². The van der Waals surface area contributed by atoms with Gasteiger partial charge in [0.15, 0.2) is 0 Å². The number of aromatic amines is 1. The van der Waals surface area contributed by atoms with E-state index in [1.165, 1.54) is 5.56 Å². The highest BCUT2D eigenvalue weighted by atomic mass is 16.2. The SMILES string of the molecule is CCN(CCc1ccncc1)C(=O)Cc1ccc2nc(C)[nH]c2c1. The lowest BCUT2D eigenvalue weighted by atomic mass is 10.1. The Hall–Kier alpha value is -2.69. The van der Waals surface area contributed by atoms with Crippen LogP contribution in [-0.4, -0.2) is 38.8 Å². The van der Waals surface area contributed by atoms with Crippen LogP contribution in [0.5, 0.6) is 0 Å². The molecule has 3 aromatic rings. The molecule has 1 N–H and O–H groups in total. The lowest BCUT2D eigenvalue weighted by Crippen LogP contribution is -2.33. The van der Waals surface area contributed by atoms with E-state index in [-0.39, 0.29) is 5.91 Å². The number of hydrogen-bond donors (Lipinski definition) is 1. The smallest absolute Gasteiger partial charge is 0.226 e. The zero-order valence-corrected chi connectivity index (χ0v) is 14.1. The highest BCUT2D eigenvalue weighted by Gasteiger charge is 2.13. The normalized spacial score (nSPS) is 10.9. The summed E-state index contributed by atoms with van der Waals surface area (Å²) in [6, 6.07) is 9.95. The third-order valence-electron chi connectivity index (χ3n) is 4.17. The second kappa shape index (κ2) is 7.25. The summed E-state index contributed by atoms with van der Waals surface area (Å²) in [6.07, 6.45) is 4.84. The van der Waals surface area contributed by atoms with Gasteiger partial charge in [-0.1, -0.05) is 6.07 Å². The van der Waals surface area contributed by atoms with Gasteiger partial charge in [-0.15, -0.1) is 0 Å². The van der Waals surface area contributed by atoms with E-state index in [1.54, 1.807) is 12.4 Å². The molecule has 0 radical (unpaired) electrons. The zero-order valence-electron chi connectivity index (χ0n) is 14.1. The first-order chi connectivity index (χ1) is 11.7. The fourth-order valence-electron chi connectivity index (χ4n) is 2.85. The monoisotopic (exact) mass is 322 g/mol. The quantitative estimate of drug-likeness (QED) is 0.759. The molecule has 0 aliphatic rings. The number of aromatic nitrogens is 3. The van der Waals surface area contributed by atoms with Gasteiger partial charge < -0.3 is 9.88 Å². The molecule has 3 rings (SSSR count). The molecule has 2 heterocycles. The molecule has 2 aromatic heterocycles. The fraction of sp³-hybridized carbons (Fsp3) is 0.316. The van der Waals surface area contributed by atoms with E-state index in [2.05, 4.69) is 15.0 Å². The molecule has 0 atom stereocenters. The number of H-pyrrole nitrogens is 1. The first-order valence-corrected chi connectivity index (χ1v) is 8.27. The van der Waals surface area contributed by atoms with E-state index in [0.29, 0.717) is 6.42 Å². The van der Waals surface area contributed by atoms with Crippen LogP contribution in [-0.2, 0) is 17.6 Å². The van der Waals surface area contributed by atoms with Crippen molar-refractivity contribution in [3.63, 3.8) is 0 Å². The number of imidazole rings is 1. The minimum Gasteiger partial charge on any atom is -0.342 e. The molecule has 1 aromatic carbocycles. The van der Waals surface area contributed by atoms with Crippen LogP contribution in [0.2, 0.25) is 0 Å². The maximum atomic E-state index is 12.6. The molecule has 0 bridgehead atoms. The Morgan fingerprint density at radius 1 is 1.17 bits per heavy atom. The van der Waals surface area contributed by atoms with Gasteiger partial charge in [0.1, 0.15) is 5.82 Å². The number of aryl methyl sites for hydroxylation is 1. The van der Waals surface area contributed by atoms with Gasteiger partial charge in [0.25, 0.3) is 0 Å². The van der Waals surface area contributed by atoms with Crippen molar-refractivity contribution in [3.05, 3.63) is 59.7 Å². The molecular weight excluding hydrogens is 300 g/mol. The minimum atomic E-state index is 0.155. The fourth-order valence-corrected chi connectivity index (χ4v) is 2.85. The molecule has 0 saturated carbocycles. The van der Waals surface area contributed by atoms with Crippen molar-refractivity contribution in [1.29, 1.82) is 0 Å². The van der Waals surface area contributed by atoms with Gasteiger partial charge in [-0.2, -0.15) is 0 Å². The van der Waals surface area contributed by atoms with Gasteiger partial charge in [-0.25, -0.2) is 4.98 Å². The predicted octanol–water partition coefficient (Wildman–Crippen LogP) is 2.90. The van der Waals surface area contributed by atoms with Crippen molar-refractivity contribution in [2.75, 3.05) is 13.1 Å². The number of carbonyl (C=O) groups is 1. The molecule has 0 aliphatic carbocycles. The van der Waals surface area contributed by atoms with E-state index >= 15 is 0 Å². The third-order valence-corrected chi connectivity index (χ3v) is 4.17. The Kier molecular flexibility index (Phi) is 4.89. The number of hydrogen-bond acceptors (Lipinski definition) is 3. The maximum absolute atomic E-state index is 12.6. The van der Waals surface area contributed by atoms with E-state index in [9.17, 15) is 4.79 Å². The molecule has 5 heteroatoms. The number of nitrogens with one attached hydrogen (secondary N) is 1. The Morgan fingerprint density at radius 2 is 1.96 bits per heavy atom. The number of rotatable bonds is 6. The Balaban J connectivity index is 1.64. The van der Waals surface area contributed by atoms with Crippen molar-refractivity contribution in [3.8, 4) is 0 Å². The molecular formula is C19H22N4O. The molecule has 0 unspecified atom stereocenters. The van der Waals surface area contributed by atoms with Crippen molar-refractivity contribution in [2.24, 2.45) is 0 Å². The summed E-state index contributed by atoms with van der Waals surface area (Å²) < 4.78 is 0. The van der Waals surface area contributed by atoms with Crippen molar-refractivity contribution in [2.45, 2.75) is 26.7 Å². The number of likely N-dealkylation sites (N-methyl/N-ethyl adjacent to an activating group) is 1. The molecule has 124 valence electrons. The van der Waals surface area contributed by atoms with E-state index < -0.39 is 0 Å². The van der Waals surface area contributed by atoms with Crippen LogP contribution < -0.4 is 0 Å². The van der Waals surface area contributed by atoms with Crippen LogP contribution in [0.15, 0.2) is 42.7 Å². The second-order valence-electron chi connectivity index (χ2n) is 5.93. The number of fused-ring (bicyclic) bond motifs is 1. The Morgan fingerprint density at radius 3 is 2.71 bits per heavy atom. The molecule has 1 amide bonds. The van der Waals surface area contributed by atoms with Crippen LogP contribution in [0, 0.1) is 6.92 Å². The lowest BCUT2D eigenvalue weighted by Gasteiger charge is -2.21. The summed E-state index contributed by atoms with van der Waals surface area (Å²) in [6.45, 7) is 5.40. The van der Waals surface area contributed by atoms with Gasteiger partial charge >= 0.3 is 0 Å². The summed E-state index contributed by atoms with van der Waals surface area (Å²) in [5.41, 5.74) is 4.13. The van der Waals surface area contributed by atoms with Gasteiger partial charge in [-0.05, 0) is 55.7 Å². The largest absolute Gasteiger partial charge is 0.342 e. The van der Waals surface area contributed by atoms with Gasteiger partial charge in [-0.3, -0.25) is 9.78 Å². The van der Waals surface area contributed by atoms with Crippen molar-refractivity contribution >= 4 is 16.9 Å². The van der Waals surface area contributed by atoms with Gasteiger partial charge in [0.05, 0.1) is 17.5 Å². The van der Waals surface area contributed by atoms with E-state index in [1.807, 2.05) is 49.1 Å². The standard InChI is InChI=1S/C19H22N4O/c1-3-23(11-8-15-6-9-20-10-7-15)19(24)13-16-4-5-17-18(12-16)22-14(2)21-17/h4-7,9-10,12H,3,8,11,13H2,1-2H3,(H,21,22). The van der Waals surface area contributed by atoms with Crippen LogP contribution in [0.25, 0.3) is 11.0 Å². The highest BCUT2D eigenvalue weighted by molar-refractivity contribution is 5.81. The first-order valence-electron chi connectivity index (χ1n) is 8.27. The van der Waals surface area contributed by atoms with E-state index in [4.69, 9.17) is 0 Å². The minimum absolute atomic E-state index is 0.155. The zero-order chi connectivity index (χ0) is 16.9. The summed E-state index contributed by atoms with van der Waals surface area (Å²) in [5, 5.41) is 0. The van der Waals surface area contributed by atoms with Crippen molar-refractivity contribution < 1.29 is 4.79 Å².